The summed E-state index contributed by atoms with van der Waals surface area (Å²) in [5.74, 6) is -0.242. The highest BCUT2D eigenvalue weighted by atomic mass is 35.5. The number of nitrogens with zero attached hydrogens (tertiary/aromatic N) is 2. The highest BCUT2D eigenvalue weighted by Crippen LogP contribution is 2.22. The molecule has 1 aromatic rings. The first-order chi connectivity index (χ1) is 8.09. The number of hydrogen-bond donors (Lipinski definition) is 0. The molecule has 1 aromatic carbocycles. The third-order valence-corrected chi connectivity index (χ3v) is 2.72. The monoisotopic (exact) mass is 250 g/mol. The fourth-order valence-electron chi connectivity index (χ4n) is 1.35. The average molecular weight is 251 g/mol. The molecule has 0 saturated heterocycles. The van der Waals surface area contributed by atoms with Gasteiger partial charge in [-0.05, 0) is 12.1 Å². The van der Waals surface area contributed by atoms with Gasteiger partial charge in [0.25, 0.3) is 0 Å². The van der Waals surface area contributed by atoms with E-state index in [9.17, 15) is 4.79 Å². The molecule has 0 fully saturated rings. The van der Waals surface area contributed by atoms with Crippen LogP contribution in [0.1, 0.15) is 5.56 Å². The number of ether oxygens (including phenoxy) is 1. The molecule has 0 unspecified atom stereocenters. The van der Waals surface area contributed by atoms with Gasteiger partial charge in [0.05, 0.1) is 0 Å². The van der Waals surface area contributed by atoms with E-state index in [2.05, 4.69) is 4.99 Å². The van der Waals surface area contributed by atoms with Crippen LogP contribution in [0.15, 0.2) is 46.2 Å². The van der Waals surface area contributed by atoms with Crippen LogP contribution in [-0.2, 0) is 9.53 Å². The van der Waals surface area contributed by atoms with Crippen LogP contribution in [0.2, 0.25) is 0 Å². The van der Waals surface area contributed by atoms with Crippen LogP contribution in [0.5, 0.6) is 0 Å². The normalized spacial score (nSPS) is 17.6. The van der Waals surface area contributed by atoms with Crippen LogP contribution in [0, 0.1) is 0 Å². The Morgan fingerprint density at radius 2 is 1.94 bits per heavy atom. The fraction of sp³-hybridized carbons (Fsp3) is 0.167. The van der Waals surface area contributed by atoms with Gasteiger partial charge in [0.2, 0.25) is 5.90 Å². The molecule has 5 heteroatoms. The Hall–Kier alpha value is -1.81. The summed E-state index contributed by atoms with van der Waals surface area (Å²) in [4.78, 5) is 17.3. The standard InChI is InChI=1S/C12H11ClN2O2/c1-15(2)10(13)9-12(16)17-11(14-9)8-6-4-3-5-7-8/h3-7H,1-2H3/b10-9+. The molecule has 88 valence electrons. The van der Waals surface area contributed by atoms with Gasteiger partial charge >= 0.3 is 5.97 Å². The molecule has 0 amide bonds. The predicted octanol–water partition coefficient (Wildman–Crippen LogP) is 1.96. The van der Waals surface area contributed by atoms with Crippen molar-refractivity contribution in [3.05, 3.63) is 46.7 Å². The minimum atomic E-state index is -0.525. The van der Waals surface area contributed by atoms with E-state index in [0.717, 1.165) is 5.56 Å². The summed E-state index contributed by atoms with van der Waals surface area (Å²) in [6.45, 7) is 0. The molecule has 0 spiro atoms. The van der Waals surface area contributed by atoms with Crippen molar-refractivity contribution in [1.82, 2.24) is 4.90 Å². The SMILES string of the molecule is CN(C)/C(Cl)=C1/N=C(c2ccccc2)OC1=O. The zero-order valence-electron chi connectivity index (χ0n) is 9.48. The van der Waals surface area contributed by atoms with Gasteiger partial charge in [-0.1, -0.05) is 29.8 Å². The Morgan fingerprint density at radius 1 is 1.29 bits per heavy atom. The second-order valence-corrected chi connectivity index (χ2v) is 4.06. The molecular weight excluding hydrogens is 240 g/mol. The van der Waals surface area contributed by atoms with Gasteiger partial charge in [0.15, 0.2) is 5.70 Å². The summed E-state index contributed by atoms with van der Waals surface area (Å²) in [6, 6.07) is 9.21. The largest absolute Gasteiger partial charge is 0.402 e. The lowest BCUT2D eigenvalue weighted by molar-refractivity contribution is -0.130. The highest BCUT2D eigenvalue weighted by molar-refractivity contribution is 6.32. The van der Waals surface area contributed by atoms with E-state index in [1.165, 1.54) is 0 Å². The lowest BCUT2D eigenvalue weighted by Gasteiger charge is -2.09. The first-order valence-corrected chi connectivity index (χ1v) is 5.41. The number of esters is 1. The number of hydrogen-bond acceptors (Lipinski definition) is 4. The molecule has 0 saturated carbocycles. The van der Waals surface area contributed by atoms with Crippen LogP contribution in [0.4, 0.5) is 0 Å². The minimum Gasteiger partial charge on any atom is -0.402 e. The maximum Gasteiger partial charge on any atom is 0.366 e. The van der Waals surface area contributed by atoms with Crippen molar-refractivity contribution in [2.75, 3.05) is 14.1 Å². The number of cyclic esters (lactones) is 1. The predicted molar refractivity (Wildman–Crippen MR) is 65.6 cm³/mol. The molecule has 1 heterocycles. The highest BCUT2D eigenvalue weighted by Gasteiger charge is 2.27. The number of aliphatic imine (C=N–C) groups is 1. The smallest absolute Gasteiger partial charge is 0.366 e. The van der Waals surface area contributed by atoms with Crippen molar-refractivity contribution in [1.29, 1.82) is 0 Å². The van der Waals surface area contributed by atoms with Gasteiger partial charge < -0.3 is 9.64 Å². The van der Waals surface area contributed by atoms with Crippen LogP contribution >= 0.6 is 11.6 Å². The third kappa shape index (κ3) is 2.31. The van der Waals surface area contributed by atoms with Crippen LogP contribution in [-0.4, -0.2) is 30.9 Å². The molecule has 0 N–H and O–H groups in total. The number of rotatable bonds is 2. The van der Waals surface area contributed by atoms with E-state index in [-0.39, 0.29) is 16.8 Å². The molecule has 0 atom stereocenters. The maximum absolute atomic E-state index is 11.6. The van der Waals surface area contributed by atoms with E-state index in [1.54, 1.807) is 19.0 Å². The topological polar surface area (TPSA) is 41.9 Å². The number of halogens is 1. The van der Waals surface area contributed by atoms with Gasteiger partial charge in [-0.3, -0.25) is 0 Å². The lowest BCUT2D eigenvalue weighted by Crippen LogP contribution is -2.12. The fourth-order valence-corrected chi connectivity index (χ4v) is 1.47. The minimum absolute atomic E-state index is 0.135. The van der Waals surface area contributed by atoms with Gasteiger partial charge in [-0.2, -0.15) is 0 Å². The van der Waals surface area contributed by atoms with Crippen molar-refractivity contribution >= 4 is 23.5 Å². The first-order valence-electron chi connectivity index (χ1n) is 5.03. The summed E-state index contributed by atoms with van der Waals surface area (Å²) in [7, 11) is 3.47. The molecule has 0 aliphatic carbocycles. The second kappa shape index (κ2) is 4.59. The van der Waals surface area contributed by atoms with Gasteiger partial charge in [0, 0.05) is 19.7 Å². The Balaban J connectivity index is 2.39. The van der Waals surface area contributed by atoms with Crippen molar-refractivity contribution < 1.29 is 9.53 Å². The zero-order chi connectivity index (χ0) is 12.4. The van der Waals surface area contributed by atoms with Gasteiger partial charge in [0.1, 0.15) is 5.16 Å². The molecule has 1 aliphatic heterocycles. The maximum atomic E-state index is 11.6. The number of carbonyl (C=O) groups excluding carboxylic acids is 1. The summed E-state index contributed by atoms with van der Waals surface area (Å²) >= 11 is 5.97. The Bertz CT molecular complexity index is 506. The lowest BCUT2D eigenvalue weighted by atomic mass is 10.2. The zero-order valence-corrected chi connectivity index (χ0v) is 10.2. The summed E-state index contributed by atoms with van der Waals surface area (Å²) in [5.41, 5.74) is 0.884. The first kappa shape index (κ1) is 11.7. The van der Waals surface area contributed by atoms with Gasteiger partial charge in [-0.25, -0.2) is 9.79 Å². The molecule has 17 heavy (non-hydrogen) atoms. The van der Waals surface area contributed by atoms with Crippen molar-refractivity contribution in [2.24, 2.45) is 4.99 Å². The molecule has 0 radical (unpaired) electrons. The van der Waals surface area contributed by atoms with Crippen LogP contribution in [0.25, 0.3) is 0 Å². The third-order valence-electron chi connectivity index (χ3n) is 2.20. The molecule has 2 rings (SSSR count). The van der Waals surface area contributed by atoms with Crippen molar-refractivity contribution in [3.8, 4) is 0 Å². The quantitative estimate of drug-likeness (QED) is 0.458. The van der Waals surface area contributed by atoms with E-state index in [0.29, 0.717) is 0 Å². The molecule has 4 nitrogen and oxygen atoms in total. The molecule has 1 aliphatic rings. The van der Waals surface area contributed by atoms with Crippen molar-refractivity contribution in [3.63, 3.8) is 0 Å². The number of benzene rings is 1. The Morgan fingerprint density at radius 3 is 2.53 bits per heavy atom. The van der Waals surface area contributed by atoms with Crippen LogP contribution in [0.3, 0.4) is 0 Å². The van der Waals surface area contributed by atoms with E-state index in [1.807, 2.05) is 30.3 Å². The van der Waals surface area contributed by atoms with E-state index in [4.69, 9.17) is 16.3 Å². The summed E-state index contributed by atoms with van der Waals surface area (Å²) < 4.78 is 5.07. The van der Waals surface area contributed by atoms with Crippen LogP contribution < -0.4 is 0 Å². The molecule has 0 aromatic heterocycles. The van der Waals surface area contributed by atoms with Gasteiger partial charge in [-0.15, -0.1) is 0 Å². The Kier molecular flexibility index (Phi) is 3.15. The van der Waals surface area contributed by atoms with E-state index >= 15 is 0 Å². The summed E-state index contributed by atoms with van der Waals surface area (Å²) in [6.07, 6.45) is 0. The Labute approximate surface area is 104 Å². The van der Waals surface area contributed by atoms with Crippen molar-refractivity contribution in [2.45, 2.75) is 0 Å². The number of carbonyl (C=O) groups is 1. The molecule has 0 bridgehead atoms. The summed E-state index contributed by atoms with van der Waals surface area (Å²) in [5, 5.41) is 0.265. The molecular formula is C12H11ClN2O2. The van der Waals surface area contributed by atoms with E-state index < -0.39 is 5.97 Å². The second-order valence-electron chi connectivity index (χ2n) is 3.71. The average Bonchev–Trinajstić information content (AvgIpc) is 2.71.